The number of nitro benzene ring substituents is 1. The number of nitrogens with zero attached hydrogens (tertiary/aromatic N) is 1. The Morgan fingerprint density at radius 1 is 1.15 bits per heavy atom. The highest BCUT2D eigenvalue weighted by atomic mass is 35.5. The number of nitro groups is 1. The van der Waals surface area contributed by atoms with E-state index in [-0.39, 0.29) is 32.4 Å². The molecular formula is C17H13Cl2NO6. The van der Waals surface area contributed by atoms with Gasteiger partial charge in [-0.3, -0.25) is 14.9 Å². The van der Waals surface area contributed by atoms with Gasteiger partial charge in [0, 0.05) is 16.1 Å². The predicted molar refractivity (Wildman–Crippen MR) is 95.0 cm³/mol. The van der Waals surface area contributed by atoms with Crippen LogP contribution in [0.2, 0.25) is 10.0 Å². The summed E-state index contributed by atoms with van der Waals surface area (Å²) in [7, 11) is 1.12. The summed E-state index contributed by atoms with van der Waals surface area (Å²) in [6, 6.07) is 7.49. The molecule has 0 bridgehead atoms. The molecule has 0 spiro atoms. The number of rotatable bonds is 5. The van der Waals surface area contributed by atoms with Gasteiger partial charge in [0.15, 0.2) is 0 Å². The van der Waals surface area contributed by atoms with E-state index in [0.717, 1.165) is 13.2 Å². The number of ether oxygens (including phenoxy) is 1. The van der Waals surface area contributed by atoms with E-state index in [4.69, 9.17) is 27.9 Å². The number of aromatic carboxylic acids is 1. The minimum absolute atomic E-state index is 0.0521. The summed E-state index contributed by atoms with van der Waals surface area (Å²) in [6.07, 6.45) is 0. The Morgan fingerprint density at radius 2 is 1.81 bits per heavy atom. The van der Waals surface area contributed by atoms with Gasteiger partial charge in [0.1, 0.15) is 5.41 Å². The number of carbonyl (C=O) groups excluding carboxylic acids is 1. The maximum Gasteiger partial charge on any atom is 0.335 e. The second-order valence-electron chi connectivity index (χ2n) is 5.53. The highest BCUT2D eigenvalue weighted by molar-refractivity contribution is 6.32. The summed E-state index contributed by atoms with van der Waals surface area (Å²) >= 11 is 12.2. The second kappa shape index (κ2) is 7.31. The first-order valence-corrected chi connectivity index (χ1v) is 7.94. The number of carboxylic acid groups (broad SMARTS) is 1. The lowest BCUT2D eigenvalue weighted by molar-refractivity contribution is -0.385. The Bertz CT molecular complexity index is 914. The van der Waals surface area contributed by atoms with E-state index < -0.39 is 22.3 Å². The largest absolute Gasteiger partial charge is 0.478 e. The smallest absolute Gasteiger partial charge is 0.335 e. The number of carboxylic acids is 1. The molecule has 0 radical (unpaired) electrons. The molecule has 1 N–H and O–H groups in total. The van der Waals surface area contributed by atoms with Crippen LogP contribution < -0.4 is 0 Å². The Balaban J connectivity index is 2.91. The molecule has 1 unspecified atom stereocenters. The molecule has 0 saturated carbocycles. The molecular weight excluding hydrogens is 385 g/mol. The van der Waals surface area contributed by atoms with E-state index in [1.54, 1.807) is 0 Å². The fraction of sp³-hybridized carbons (Fsp3) is 0.176. The molecule has 7 nitrogen and oxygen atoms in total. The third-order valence-corrected chi connectivity index (χ3v) is 4.60. The molecule has 2 aromatic carbocycles. The third-order valence-electron chi connectivity index (χ3n) is 4.04. The molecule has 136 valence electrons. The van der Waals surface area contributed by atoms with Crippen LogP contribution in [0.25, 0.3) is 0 Å². The van der Waals surface area contributed by atoms with E-state index in [1.165, 1.54) is 37.3 Å². The molecule has 2 aromatic rings. The summed E-state index contributed by atoms with van der Waals surface area (Å²) in [6.45, 7) is 1.37. The van der Waals surface area contributed by atoms with Gasteiger partial charge in [-0.15, -0.1) is 0 Å². The summed E-state index contributed by atoms with van der Waals surface area (Å²) in [5, 5.41) is 20.9. The molecule has 0 fully saturated rings. The number of esters is 1. The van der Waals surface area contributed by atoms with Gasteiger partial charge in [-0.05, 0) is 42.8 Å². The van der Waals surface area contributed by atoms with Crippen LogP contribution in [-0.4, -0.2) is 29.1 Å². The Labute approximate surface area is 158 Å². The number of benzene rings is 2. The van der Waals surface area contributed by atoms with Crippen LogP contribution in [0.5, 0.6) is 0 Å². The first-order valence-electron chi connectivity index (χ1n) is 7.19. The van der Waals surface area contributed by atoms with Crippen molar-refractivity contribution in [3.8, 4) is 0 Å². The first-order chi connectivity index (χ1) is 12.1. The van der Waals surface area contributed by atoms with Gasteiger partial charge in [-0.25, -0.2) is 4.79 Å². The summed E-state index contributed by atoms with van der Waals surface area (Å²) in [5.41, 5.74) is -2.28. The van der Waals surface area contributed by atoms with Crippen LogP contribution in [0.15, 0.2) is 36.4 Å². The Morgan fingerprint density at radius 3 is 2.35 bits per heavy atom. The SMILES string of the molecule is COC(=O)C(C)(c1cc(C(=O)O)ccc1Cl)c1cc(Cl)ccc1[N+](=O)[O-]. The highest BCUT2D eigenvalue weighted by Crippen LogP contribution is 2.42. The fourth-order valence-corrected chi connectivity index (χ4v) is 3.16. The lowest BCUT2D eigenvalue weighted by Crippen LogP contribution is -2.36. The molecule has 0 aromatic heterocycles. The van der Waals surface area contributed by atoms with Gasteiger partial charge >= 0.3 is 11.9 Å². The van der Waals surface area contributed by atoms with Crippen LogP contribution in [0, 0.1) is 10.1 Å². The molecule has 0 amide bonds. The topological polar surface area (TPSA) is 107 Å². The van der Waals surface area contributed by atoms with Crippen molar-refractivity contribution < 1.29 is 24.4 Å². The number of hydrogen-bond acceptors (Lipinski definition) is 5. The van der Waals surface area contributed by atoms with Gasteiger partial charge in [0.2, 0.25) is 0 Å². The molecule has 0 aliphatic carbocycles. The minimum atomic E-state index is -1.76. The van der Waals surface area contributed by atoms with Gasteiger partial charge in [-0.2, -0.15) is 0 Å². The Kier molecular flexibility index (Phi) is 5.53. The van der Waals surface area contributed by atoms with Gasteiger partial charge in [0.05, 0.1) is 23.2 Å². The third kappa shape index (κ3) is 3.36. The van der Waals surface area contributed by atoms with Gasteiger partial charge < -0.3 is 9.84 Å². The quantitative estimate of drug-likeness (QED) is 0.462. The predicted octanol–water partition coefficient (Wildman–Crippen LogP) is 4.08. The van der Waals surface area contributed by atoms with Crippen molar-refractivity contribution in [2.24, 2.45) is 0 Å². The van der Waals surface area contributed by atoms with Crippen LogP contribution in [0.4, 0.5) is 5.69 Å². The lowest BCUT2D eigenvalue weighted by Gasteiger charge is -2.28. The highest BCUT2D eigenvalue weighted by Gasteiger charge is 2.44. The van der Waals surface area contributed by atoms with Crippen molar-refractivity contribution in [3.63, 3.8) is 0 Å². The zero-order chi connectivity index (χ0) is 19.6. The minimum Gasteiger partial charge on any atom is -0.478 e. The average Bonchev–Trinajstić information content (AvgIpc) is 2.60. The average molecular weight is 398 g/mol. The van der Waals surface area contributed by atoms with E-state index in [0.29, 0.717) is 0 Å². The van der Waals surface area contributed by atoms with Crippen molar-refractivity contribution >= 4 is 40.8 Å². The zero-order valence-corrected chi connectivity index (χ0v) is 15.2. The monoisotopic (exact) mass is 397 g/mol. The first kappa shape index (κ1) is 19.7. The zero-order valence-electron chi connectivity index (χ0n) is 13.7. The van der Waals surface area contributed by atoms with E-state index in [1.807, 2.05) is 0 Å². The van der Waals surface area contributed by atoms with Crippen molar-refractivity contribution in [1.29, 1.82) is 0 Å². The number of carbonyl (C=O) groups is 2. The van der Waals surface area contributed by atoms with Gasteiger partial charge in [-0.1, -0.05) is 23.2 Å². The van der Waals surface area contributed by atoms with Crippen LogP contribution in [0.1, 0.15) is 28.4 Å². The molecule has 0 heterocycles. The van der Waals surface area contributed by atoms with E-state index in [9.17, 15) is 24.8 Å². The number of hydrogen-bond donors (Lipinski definition) is 1. The molecule has 0 aliphatic heterocycles. The standard InChI is InChI=1S/C17H13Cl2NO6/c1-17(16(23)26-2,11-7-9(15(21)22)3-5-13(11)19)12-8-10(18)4-6-14(12)20(24)25/h3-8H,1-2H3,(H,21,22). The van der Waals surface area contributed by atoms with Crippen molar-refractivity contribution in [1.82, 2.24) is 0 Å². The normalized spacial score (nSPS) is 12.9. The fourth-order valence-electron chi connectivity index (χ4n) is 2.68. The summed E-state index contributed by atoms with van der Waals surface area (Å²) < 4.78 is 4.84. The molecule has 9 heteroatoms. The molecule has 0 saturated heterocycles. The van der Waals surface area contributed by atoms with Crippen molar-refractivity contribution in [3.05, 3.63) is 73.2 Å². The van der Waals surface area contributed by atoms with Crippen LogP contribution >= 0.6 is 23.2 Å². The Hall–Kier alpha value is -2.64. The maximum atomic E-state index is 12.7. The molecule has 26 heavy (non-hydrogen) atoms. The lowest BCUT2D eigenvalue weighted by atomic mass is 9.75. The van der Waals surface area contributed by atoms with Crippen LogP contribution in [-0.2, 0) is 14.9 Å². The second-order valence-corrected chi connectivity index (χ2v) is 6.38. The summed E-state index contributed by atoms with van der Waals surface area (Å²) in [5.74, 6) is -2.09. The number of methoxy groups -OCH3 is 1. The van der Waals surface area contributed by atoms with Crippen molar-refractivity contribution in [2.45, 2.75) is 12.3 Å². The maximum absolute atomic E-state index is 12.7. The van der Waals surface area contributed by atoms with E-state index >= 15 is 0 Å². The molecule has 1 atom stereocenters. The van der Waals surface area contributed by atoms with Crippen molar-refractivity contribution in [2.75, 3.05) is 7.11 Å². The van der Waals surface area contributed by atoms with Crippen LogP contribution in [0.3, 0.4) is 0 Å². The molecule has 2 rings (SSSR count). The van der Waals surface area contributed by atoms with E-state index in [2.05, 4.69) is 0 Å². The number of halogens is 2. The molecule has 0 aliphatic rings. The van der Waals surface area contributed by atoms with Gasteiger partial charge in [0.25, 0.3) is 5.69 Å². The summed E-state index contributed by atoms with van der Waals surface area (Å²) in [4.78, 5) is 34.8.